The van der Waals surface area contributed by atoms with Crippen LogP contribution in [-0.4, -0.2) is 12.2 Å². The molecule has 1 aromatic carbocycles. The number of methoxy groups -OCH3 is 1. The average Bonchev–Trinajstić information content (AvgIpc) is 2.17. The van der Waals surface area contributed by atoms with Gasteiger partial charge in [-0.3, -0.25) is 0 Å². The van der Waals surface area contributed by atoms with Crippen LogP contribution < -0.4 is 10.5 Å². The Morgan fingerprint density at radius 2 is 2.00 bits per heavy atom. The third-order valence-electron chi connectivity index (χ3n) is 2.33. The third-order valence-corrected chi connectivity index (χ3v) is 2.33. The Bertz CT molecular complexity index is 310. The van der Waals surface area contributed by atoms with Crippen LogP contribution >= 0.6 is 0 Å². The number of phenols is 1. The Labute approximate surface area is 84.5 Å². The fraction of sp³-hybridized carbons (Fsp3) is 0.455. The average molecular weight is 195 g/mol. The summed E-state index contributed by atoms with van der Waals surface area (Å²) in [5.74, 6) is 0.905. The molecule has 0 heterocycles. The summed E-state index contributed by atoms with van der Waals surface area (Å²) in [6, 6.07) is 5.20. The zero-order valence-corrected chi connectivity index (χ0v) is 8.82. The summed E-state index contributed by atoms with van der Waals surface area (Å²) in [7, 11) is 1.53. The lowest BCUT2D eigenvalue weighted by Crippen LogP contribution is -2.16. The van der Waals surface area contributed by atoms with Crippen molar-refractivity contribution in [2.75, 3.05) is 7.11 Å². The predicted molar refractivity (Wildman–Crippen MR) is 56.4 cm³/mol. The second-order valence-electron chi connectivity index (χ2n) is 3.67. The Balaban J connectivity index is 3.09. The van der Waals surface area contributed by atoms with Gasteiger partial charge in [-0.2, -0.15) is 0 Å². The van der Waals surface area contributed by atoms with Crippen molar-refractivity contribution in [3.63, 3.8) is 0 Å². The standard InChI is InChI=1S/C11H17NO2/c1-7(2)10(12)8-5-4-6-9(14-3)11(8)13/h4-7,10,13H,12H2,1-3H3/t10-/m1/s1. The summed E-state index contributed by atoms with van der Waals surface area (Å²) in [5.41, 5.74) is 6.68. The van der Waals surface area contributed by atoms with Crippen LogP contribution in [0.4, 0.5) is 0 Å². The second kappa shape index (κ2) is 4.33. The minimum atomic E-state index is -0.162. The van der Waals surface area contributed by atoms with E-state index in [2.05, 4.69) is 0 Å². The molecular weight excluding hydrogens is 178 g/mol. The molecule has 0 saturated heterocycles. The molecule has 0 bridgehead atoms. The molecule has 3 nitrogen and oxygen atoms in total. The zero-order valence-electron chi connectivity index (χ0n) is 8.82. The van der Waals surface area contributed by atoms with Crippen LogP contribution in [0.15, 0.2) is 18.2 Å². The van der Waals surface area contributed by atoms with Crippen molar-refractivity contribution < 1.29 is 9.84 Å². The van der Waals surface area contributed by atoms with Crippen LogP contribution in [0.3, 0.4) is 0 Å². The summed E-state index contributed by atoms with van der Waals surface area (Å²) >= 11 is 0. The van der Waals surface area contributed by atoms with Gasteiger partial charge >= 0.3 is 0 Å². The summed E-state index contributed by atoms with van der Waals surface area (Å²) in [6.45, 7) is 4.03. The summed E-state index contributed by atoms with van der Waals surface area (Å²) in [5, 5.41) is 9.80. The Morgan fingerprint density at radius 1 is 1.36 bits per heavy atom. The van der Waals surface area contributed by atoms with Gasteiger partial charge in [0.15, 0.2) is 11.5 Å². The van der Waals surface area contributed by atoms with Crippen molar-refractivity contribution in [3.8, 4) is 11.5 Å². The molecular formula is C11H17NO2. The van der Waals surface area contributed by atoms with Gasteiger partial charge in [-0.25, -0.2) is 0 Å². The highest BCUT2D eigenvalue weighted by atomic mass is 16.5. The molecule has 1 rings (SSSR count). The first-order valence-electron chi connectivity index (χ1n) is 4.69. The summed E-state index contributed by atoms with van der Waals surface area (Å²) in [4.78, 5) is 0. The first-order valence-corrected chi connectivity index (χ1v) is 4.69. The topological polar surface area (TPSA) is 55.5 Å². The van der Waals surface area contributed by atoms with E-state index in [-0.39, 0.29) is 17.7 Å². The molecule has 0 unspecified atom stereocenters. The minimum Gasteiger partial charge on any atom is -0.504 e. The third kappa shape index (κ3) is 1.99. The van der Waals surface area contributed by atoms with Crippen molar-refractivity contribution in [2.45, 2.75) is 19.9 Å². The monoisotopic (exact) mass is 195 g/mol. The van der Waals surface area contributed by atoms with E-state index in [1.165, 1.54) is 7.11 Å². The summed E-state index contributed by atoms with van der Waals surface area (Å²) < 4.78 is 5.01. The molecule has 78 valence electrons. The number of hydrogen-bond acceptors (Lipinski definition) is 3. The maximum absolute atomic E-state index is 9.80. The molecule has 0 fully saturated rings. The molecule has 0 spiro atoms. The SMILES string of the molecule is COc1cccc([C@H](N)C(C)C)c1O. The lowest BCUT2D eigenvalue weighted by Gasteiger charge is -2.18. The molecule has 0 aliphatic carbocycles. The molecule has 3 heteroatoms. The highest BCUT2D eigenvalue weighted by Gasteiger charge is 2.16. The Kier molecular flexibility index (Phi) is 3.36. The van der Waals surface area contributed by atoms with Crippen LogP contribution in [-0.2, 0) is 0 Å². The van der Waals surface area contributed by atoms with Crippen LogP contribution in [0.1, 0.15) is 25.5 Å². The number of ether oxygens (including phenoxy) is 1. The van der Waals surface area contributed by atoms with E-state index in [4.69, 9.17) is 10.5 Å². The van der Waals surface area contributed by atoms with E-state index in [1.807, 2.05) is 26.0 Å². The molecule has 1 atom stereocenters. The lowest BCUT2D eigenvalue weighted by molar-refractivity contribution is 0.364. The predicted octanol–water partition coefficient (Wildman–Crippen LogP) is 2.06. The van der Waals surface area contributed by atoms with Crippen molar-refractivity contribution in [2.24, 2.45) is 11.7 Å². The van der Waals surface area contributed by atoms with Crippen LogP contribution in [0.2, 0.25) is 0 Å². The molecule has 0 saturated carbocycles. The number of phenolic OH excluding ortho intramolecular Hbond substituents is 1. The number of hydrogen-bond donors (Lipinski definition) is 2. The zero-order chi connectivity index (χ0) is 10.7. The van der Waals surface area contributed by atoms with Crippen molar-refractivity contribution in [1.82, 2.24) is 0 Å². The van der Waals surface area contributed by atoms with Gasteiger partial charge in [-0.1, -0.05) is 26.0 Å². The maximum atomic E-state index is 9.80. The fourth-order valence-electron chi connectivity index (χ4n) is 1.33. The highest BCUT2D eigenvalue weighted by Crippen LogP contribution is 2.34. The van der Waals surface area contributed by atoms with E-state index in [1.54, 1.807) is 6.07 Å². The number of para-hydroxylation sites is 1. The minimum absolute atomic E-state index is 0.149. The first-order chi connectivity index (χ1) is 6.57. The van der Waals surface area contributed by atoms with Gasteiger partial charge < -0.3 is 15.6 Å². The molecule has 0 aliphatic heterocycles. The van der Waals surface area contributed by atoms with E-state index in [0.717, 1.165) is 5.56 Å². The number of rotatable bonds is 3. The fourth-order valence-corrected chi connectivity index (χ4v) is 1.33. The first kappa shape index (κ1) is 10.9. The molecule has 14 heavy (non-hydrogen) atoms. The van der Waals surface area contributed by atoms with Gasteiger partial charge in [0.1, 0.15) is 0 Å². The molecule has 0 aliphatic rings. The summed E-state index contributed by atoms with van der Waals surface area (Å²) in [6.07, 6.45) is 0. The quantitative estimate of drug-likeness (QED) is 0.776. The number of benzene rings is 1. The molecule has 0 radical (unpaired) electrons. The van der Waals surface area contributed by atoms with Crippen LogP contribution in [0, 0.1) is 5.92 Å². The van der Waals surface area contributed by atoms with E-state index < -0.39 is 0 Å². The van der Waals surface area contributed by atoms with Gasteiger partial charge in [0.25, 0.3) is 0 Å². The number of aromatic hydroxyl groups is 1. The van der Waals surface area contributed by atoms with Gasteiger partial charge in [0.2, 0.25) is 0 Å². The van der Waals surface area contributed by atoms with Gasteiger partial charge in [0.05, 0.1) is 7.11 Å². The van der Waals surface area contributed by atoms with Crippen molar-refractivity contribution in [1.29, 1.82) is 0 Å². The van der Waals surface area contributed by atoms with Gasteiger partial charge in [-0.15, -0.1) is 0 Å². The second-order valence-corrected chi connectivity index (χ2v) is 3.67. The largest absolute Gasteiger partial charge is 0.504 e. The smallest absolute Gasteiger partial charge is 0.162 e. The molecule has 1 aromatic rings. The van der Waals surface area contributed by atoms with Crippen molar-refractivity contribution in [3.05, 3.63) is 23.8 Å². The highest BCUT2D eigenvalue weighted by molar-refractivity contribution is 5.46. The molecule has 0 aromatic heterocycles. The van der Waals surface area contributed by atoms with E-state index in [0.29, 0.717) is 5.75 Å². The number of nitrogens with two attached hydrogens (primary N) is 1. The van der Waals surface area contributed by atoms with E-state index in [9.17, 15) is 5.11 Å². The van der Waals surface area contributed by atoms with Crippen LogP contribution in [0.25, 0.3) is 0 Å². The Hall–Kier alpha value is -1.22. The van der Waals surface area contributed by atoms with Crippen molar-refractivity contribution >= 4 is 0 Å². The van der Waals surface area contributed by atoms with Gasteiger partial charge in [-0.05, 0) is 12.0 Å². The van der Waals surface area contributed by atoms with Gasteiger partial charge in [0, 0.05) is 11.6 Å². The normalized spacial score (nSPS) is 12.9. The molecule has 0 amide bonds. The van der Waals surface area contributed by atoms with Crippen LogP contribution in [0.5, 0.6) is 11.5 Å². The lowest BCUT2D eigenvalue weighted by atomic mass is 9.96. The maximum Gasteiger partial charge on any atom is 0.162 e. The molecule has 3 N–H and O–H groups in total. The van der Waals surface area contributed by atoms with E-state index >= 15 is 0 Å². The Morgan fingerprint density at radius 3 is 2.50 bits per heavy atom.